The number of phenols is 2. The Morgan fingerprint density at radius 1 is 0.882 bits per heavy atom. The number of benzene rings is 1. The number of hydrogen-bond acceptors (Lipinski definition) is 2. The first-order valence-corrected chi connectivity index (χ1v) is 4.19. The molecule has 2 nitrogen and oxygen atoms in total. The van der Waals surface area contributed by atoms with Crippen LogP contribution in [-0.2, 0) is 0 Å². The maximum absolute atomic E-state index is 12.3. The molecular formula is C9H6F6O2. The molecule has 0 saturated carbocycles. The molecule has 0 atom stereocenters. The van der Waals surface area contributed by atoms with Gasteiger partial charge in [-0.25, -0.2) is 0 Å². The van der Waals surface area contributed by atoms with Crippen LogP contribution >= 0.6 is 0 Å². The van der Waals surface area contributed by atoms with Crippen LogP contribution in [0.15, 0.2) is 18.2 Å². The Hall–Kier alpha value is -1.60. The molecule has 8 heteroatoms. The van der Waals surface area contributed by atoms with Crippen molar-refractivity contribution in [1.29, 1.82) is 0 Å². The van der Waals surface area contributed by atoms with E-state index >= 15 is 0 Å². The molecule has 1 rings (SSSR count). The number of halogens is 6. The molecule has 1 aromatic carbocycles. The molecule has 0 radical (unpaired) electrons. The van der Waals surface area contributed by atoms with Gasteiger partial charge in [0.2, 0.25) is 0 Å². The number of hydrogen-bond donors (Lipinski definition) is 2. The van der Waals surface area contributed by atoms with Crippen molar-refractivity contribution < 1.29 is 36.6 Å². The van der Waals surface area contributed by atoms with Crippen LogP contribution in [0.5, 0.6) is 11.5 Å². The Morgan fingerprint density at radius 3 is 1.76 bits per heavy atom. The van der Waals surface area contributed by atoms with Crippen LogP contribution in [0.4, 0.5) is 26.3 Å². The standard InChI is InChI=1S/C9H6F6O2/c10-8(11,12)7(9(13,14)15)4-2-1-3-5(16)6(4)17/h1-3,7,16-17H. The van der Waals surface area contributed by atoms with E-state index in [0.29, 0.717) is 6.07 Å². The molecule has 96 valence electrons. The van der Waals surface area contributed by atoms with Crippen LogP contribution in [-0.4, -0.2) is 22.6 Å². The quantitative estimate of drug-likeness (QED) is 0.600. The monoisotopic (exact) mass is 260 g/mol. The average molecular weight is 260 g/mol. The minimum Gasteiger partial charge on any atom is -0.504 e. The minimum atomic E-state index is -5.61. The number of rotatable bonds is 1. The third-order valence-electron chi connectivity index (χ3n) is 2.01. The largest absolute Gasteiger partial charge is 0.504 e. The van der Waals surface area contributed by atoms with Crippen LogP contribution in [0.3, 0.4) is 0 Å². The summed E-state index contributed by atoms with van der Waals surface area (Å²) in [5.41, 5.74) is -1.43. The molecule has 17 heavy (non-hydrogen) atoms. The summed E-state index contributed by atoms with van der Waals surface area (Å²) in [6, 6.07) is 2.03. The van der Waals surface area contributed by atoms with Gasteiger partial charge in [0.25, 0.3) is 0 Å². The van der Waals surface area contributed by atoms with Crippen molar-refractivity contribution in [2.75, 3.05) is 0 Å². The van der Waals surface area contributed by atoms with Gasteiger partial charge in [-0.15, -0.1) is 0 Å². The molecule has 1 aromatic rings. The third kappa shape index (κ3) is 2.75. The summed E-state index contributed by atoms with van der Waals surface area (Å²) in [5, 5.41) is 17.9. The molecule has 0 unspecified atom stereocenters. The summed E-state index contributed by atoms with van der Waals surface area (Å²) in [5.74, 6) is -6.30. The van der Waals surface area contributed by atoms with Gasteiger partial charge in [-0.2, -0.15) is 26.3 Å². The second kappa shape index (κ2) is 4.01. The number of aromatic hydroxyl groups is 2. The molecule has 0 aliphatic rings. The van der Waals surface area contributed by atoms with Gasteiger partial charge < -0.3 is 10.2 Å². The van der Waals surface area contributed by atoms with Gasteiger partial charge in [0.05, 0.1) is 0 Å². The van der Waals surface area contributed by atoms with Gasteiger partial charge in [-0.3, -0.25) is 0 Å². The normalized spacial score (nSPS) is 13.1. The zero-order valence-corrected chi connectivity index (χ0v) is 7.97. The van der Waals surface area contributed by atoms with E-state index < -0.39 is 35.3 Å². The highest BCUT2D eigenvalue weighted by atomic mass is 19.4. The second-order valence-electron chi connectivity index (χ2n) is 3.23. The van der Waals surface area contributed by atoms with E-state index in [0.717, 1.165) is 12.1 Å². The van der Waals surface area contributed by atoms with Crippen molar-refractivity contribution in [3.63, 3.8) is 0 Å². The molecule has 0 fully saturated rings. The van der Waals surface area contributed by atoms with Gasteiger partial charge in [-0.1, -0.05) is 12.1 Å². The van der Waals surface area contributed by atoms with Gasteiger partial charge in [0.1, 0.15) is 0 Å². The maximum Gasteiger partial charge on any atom is 0.404 e. The lowest BCUT2D eigenvalue weighted by Gasteiger charge is -2.24. The van der Waals surface area contributed by atoms with Gasteiger partial charge >= 0.3 is 12.4 Å². The van der Waals surface area contributed by atoms with E-state index in [1.165, 1.54) is 0 Å². The molecule has 0 spiro atoms. The maximum atomic E-state index is 12.3. The summed E-state index contributed by atoms with van der Waals surface area (Å²) >= 11 is 0. The predicted octanol–water partition coefficient (Wildman–Crippen LogP) is 3.31. The molecule has 0 aliphatic carbocycles. The Balaban J connectivity index is 3.39. The highest BCUT2D eigenvalue weighted by Gasteiger charge is 2.58. The Bertz CT molecular complexity index is 395. The van der Waals surface area contributed by atoms with Crippen LogP contribution in [0, 0.1) is 0 Å². The molecule has 0 aliphatic heterocycles. The SMILES string of the molecule is Oc1cccc(C(C(F)(F)F)C(F)(F)F)c1O. The molecule has 0 saturated heterocycles. The summed E-state index contributed by atoms with van der Waals surface area (Å²) in [4.78, 5) is 0. The van der Waals surface area contributed by atoms with Crippen LogP contribution in [0.2, 0.25) is 0 Å². The van der Waals surface area contributed by atoms with Gasteiger partial charge in [-0.05, 0) is 6.07 Å². The van der Waals surface area contributed by atoms with E-state index in [1.807, 2.05) is 0 Å². The number of phenolic OH excluding ortho intramolecular Hbond substituents is 2. The highest BCUT2D eigenvalue weighted by Crippen LogP contribution is 2.50. The van der Waals surface area contributed by atoms with Gasteiger partial charge in [0.15, 0.2) is 17.4 Å². The van der Waals surface area contributed by atoms with E-state index in [4.69, 9.17) is 10.2 Å². The molecule has 0 bridgehead atoms. The van der Waals surface area contributed by atoms with Crippen molar-refractivity contribution in [1.82, 2.24) is 0 Å². The third-order valence-corrected chi connectivity index (χ3v) is 2.01. The average Bonchev–Trinajstić information content (AvgIpc) is 2.08. The Labute approximate surface area is 91.1 Å². The van der Waals surface area contributed by atoms with Gasteiger partial charge in [0, 0.05) is 5.56 Å². The van der Waals surface area contributed by atoms with E-state index in [2.05, 4.69) is 0 Å². The fraction of sp³-hybridized carbons (Fsp3) is 0.333. The van der Waals surface area contributed by atoms with Crippen molar-refractivity contribution in [2.45, 2.75) is 18.3 Å². The fourth-order valence-electron chi connectivity index (χ4n) is 1.32. The zero-order valence-electron chi connectivity index (χ0n) is 7.97. The first-order valence-electron chi connectivity index (χ1n) is 4.19. The van der Waals surface area contributed by atoms with E-state index in [9.17, 15) is 26.3 Å². The highest BCUT2D eigenvalue weighted by molar-refractivity contribution is 5.47. The smallest absolute Gasteiger partial charge is 0.404 e. The number of alkyl halides is 6. The Morgan fingerprint density at radius 2 is 1.35 bits per heavy atom. The van der Waals surface area contributed by atoms with Crippen LogP contribution in [0.25, 0.3) is 0 Å². The topological polar surface area (TPSA) is 40.5 Å². The molecular weight excluding hydrogens is 254 g/mol. The van der Waals surface area contributed by atoms with E-state index in [1.54, 1.807) is 0 Å². The van der Waals surface area contributed by atoms with Crippen molar-refractivity contribution >= 4 is 0 Å². The van der Waals surface area contributed by atoms with Crippen molar-refractivity contribution in [3.8, 4) is 11.5 Å². The predicted molar refractivity (Wildman–Crippen MR) is 44.6 cm³/mol. The summed E-state index contributed by atoms with van der Waals surface area (Å²) in [6.45, 7) is 0. The molecule has 0 aromatic heterocycles. The Kier molecular flexibility index (Phi) is 3.17. The summed E-state index contributed by atoms with van der Waals surface area (Å²) in [7, 11) is 0. The van der Waals surface area contributed by atoms with Crippen LogP contribution < -0.4 is 0 Å². The second-order valence-corrected chi connectivity index (χ2v) is 3.23. The first kappa shape index (κ1) is 13.5. The van der Waals surface area contributed by atoms with E-state index in [-0.39, 0.29) is 0 Å². The lowest BCUT2D eigenvalue weighted by Crippen LogP contribution is -2.34. The van der Waals surface area contributed by atoms with Crippen LogP contribution in [0.1, 0.15) is 11.5 Å². The molecule has 0 amide bonds. The summed E-state index contributed by atoms with van der Waals surface area (Å²) in [6.07, 6.45) is -11.2. The first-order chi connectivity index (χ1) is 7.55. The zero-order chi connectivity index (χ0) is 13.4. The number of para-hydroxylation sites is 1. The van der Waals surface area contributed by atoms with Crippen molar-refractivity contribution in [3.05, 3.63) is 23.8 Å². The molecule has 0 heterocycles. The fourth-order valence-corrected chi connectivity index (χ4v) is 1.32. The lowest BCUT2D eigenvalue weighted by molar-refractivity contribution is -0.253. The minimum absolute atomic E-state index is 0.459. The van der Waals surface area contributed by atoms with Crippen molar-refractivity contribution in [2.24, 2.45) is 0 Å². The summed E-state index contributed by atoms with van der Waals surface area (Å²) < 4.78 is 73.8. The molecule has 2 N–H and O–H groups in total. The lowest BCUT2D eigenvalue weighted by atomic mass is 9.96.